The molecule has 1 rings (SSSR count). The van der Waals surface area contributed by atoms with E-state index in [9.17, 15) is 14.4 Å². The zero-order valence-corrected chi connectivity index (χ0v) is 41.3. The van der Waals surface area contributed by atoms with Crippen molar-refractivity contribution in [3.8, 4) is 0 Å². The van der Waals surface area contributed by atoms with Gasteiger partial charge in [0.1, 0.15) is 6.10 Å². The number of carbonyl (C=O) groups is 3. The molecule has 3 amide bonds. The second-order valence-electron chi connectivity index (χ2n) is 18.1. The second-order valence-corrected chi connectivity index (χ2v) is 18.1. The van der Waals surface area contributed by atoms with Crippen molar-refractivity contribution in [1.82, 2.24) is 10.2 Å². The number of amides is 3. The van der Waals surface area contributed by atoms with Gasteiger partial charge in [0.2, 0.25) is 5.91 Å². The summed E-state index contributed by atoms with van der Waals surface area (Å²) in [6.45, 7) is 10.0. The highest BCUT2D eigenvalue weighted by molar-refractivity contribution is 6.12. The van der Waals surface area contributed by atoms with Crippen molar-refractivity contribution in [2.45, 2.75) is 238 Å². The molecule has 0 unspecified atom stereocenters. The first-order chi connectivity index (χ1) is 31.1. The van der Waals surface area contributed by atoms with Crippen LogP contribution in [0.5, 0.6) is 0 Å². The van der Waals surface area contributed by atoms with E-state index in [0.29, 0.717) is 59.2 Å². The van der Waals surface area contributed by atoms with Crippen LogP contribution < -0.4 is 5.32 Å². The quantitative estimate of drug-likeness (QED) is 0.0475. The summed E-state index contributed by atoms with van der Waals surface area (Å²) in [7, 11) is 0. The molecule has 0 bridgehead atoms. The van der Waals surface area contributed by atoms with Gasteiger partial charge >= 0.3 is 0 Å². The van der Waals surface area contributed by atoms with Gasteiger partial charge < -0.3 is 29.0 Å². The summed E-state index contributed by atoms with van der Waals surface area (Å²) in [5.41, 5.74) is 0. The Kier molecular flexibility index (Phi) is 45.2. The van der Waals surface area contributed by atoms with Crippen LogP contribution in [0.15, 0.2) is 12.2 Å². The van der Waals surface area contributed by atoms with Crippen molar-refractivity contribution < 1.29 is 38.1 Å². The second kappa shape index (κ2) is 48.1. The molecule has 1 aliphatic rings. The average Bonchev–Trinajstić information content (AvgIpc) is 3.61. The summed E-state index contributed by atoms with van der Waals surface area (Å²) >= 11 is 0. The lowest BCUT2D eigenvalue weighted by Gasteiger charge is -2.18. The molecule has 1 N–H and O–H groups in total. The molecule has 0 aromatic carbocycles. The van der Waals surface area contributed by atoms with Crippen molar-refractivity contribution in [3.63, 3.8) is 0 Å². The van der Waals surface area contributed by atoms with Crippen molar-refractivity contribution in [1.29, 1.82) is 0 Å². The highest BCUT2D eigenvalue weighted by atomic mass is 16.6. The highest BCUT2D eigenvalue weighted by Gasteiger charge is 2.22. The van der Waals surface area contributed by atoms with Crippen LogP contribution in [-0.4, -0.2) is 101 Å². The van der Waals surface area contributed by atoms with Crippen molar-refractivity contribution in [2.75, 3.05) is 72.6 Å². The SMILES string of the molecule is CCCCCCCCCCCCCCCCCCOC[C@@H](COCCOCCOCCNC(=O)CCCN1C(=O)C=CC1=O)OCCCCCCCCCCCCCCCCCC. The van der Waals surface area contributed by atoms with Crippen LogP contribution in [0.3, 0.4) is 0 Å². The Hall–Kier alpha value is -1.85. The van der Waals surface area contributed by atoms with E-state index in [0.717, 1.165) is 31.0 Å². The Morgan fingerprint density at radius 2 is 0.794 bits per heavy atom. The van der Waals surface area contributed by atoms with Gasteiger partial charge in [-0.15, -0.1) is 0 Å². The number of nitrogens with one attached hydrogen (secondary N) is 1. The molecule has 0 aromatic heterocycles. The fourth-order valence-corrected chi connectivity index (χ4v) is 8.07. The number of imide groups is 1. The fraction of sp³-hybridized carbons (Fsp3) is 0.906. The average molecular weight is 893 g/mol. The molecule has 0 radical (unpaired) electrons. The van der Waals surface area contributed by atoms with E-state index in [1.807, 2.05) is 0 Å². The van der Waals surface area contributed by atoms with E-state index in [-0.39, 0.29) is 36.8 Å². The summed E-state index contributed by atoms with van der Waals surface area (Å²) in [5.74, 6) is -0.772. The van der Waals surface area contributed by atoms with Crippen LogP contribution in [-0.2, 0) is 38.1 Å². The van der Waals surface area contributed by atoms with Gasteiger partial charge in [-0.05, 0) is 19.3 Å². The molecule has 0 aliphatic carbocycles. The Morgan fingerprint density at radius 1 is 0.444 bits per heavy atom. The summed E-state index contributed by atoms with van der Waals surface area (Å²) < 4.78 is 29.6. The molecule has 1 atom stereocenters. The first kappa shape index (κ1) is 59.2. The zero-order valence-electron chi connectivity index (χ0n) is 41.3. The number of rotatable bonds is 52. The Bertz CT molecular complexity index is 1020. The summed E-state index contributed by atoms with van der Waals surface area (Å²) in [4.78, 5) is 36.4. The summed E-state index contributed by atoms with van der Waals surface area (Å²) in [6, 6.07) is 0. The maximum Gasteiger partial charge on any atom is 0.253 e. The molecule has 0 fully saturated rings. The predicted octanol–water partition coefficient (Wildman–Crippen LogP) is 12.8. The van der Waals surface area contributed by atoms with E-state index < -0.39 is 0 Å². The van der Waals surface area contributed by atoms with Crippen LogP contribution in [0.1, 0.15) is 232 Å². The van der Waals surface area contributed by atoms with Crippen LogP contribution >= 0.6 is 0 Å². The minimum Gasteiger partial charge on any atom is -0.379 e. The third-order valence-corrected chi connectivity index (χ3v) is 12.1. The molecule has 370 valence electrons. The maximum atomic E-state index is 12.0. The molecule has 0 aromatic rings. The molecular formula is C53H100N2O8. The first-order valence-corrected chi connectivity index (χ1v) is 26.8. The molecule has 0 saturated carbocycles. The smallest absolute Gasteiger partial charge is 0.253 e. The fourth-order valence-electron chi connectivity index (χ4n) is 8.07. The van der Waals surface area contributed by atoms with Crippen LogP contribution in [0.25, 0.3) is 0 Å². The van der Waals surface area contributed by atoms with Gasteiger partial charge in [0.15, 0.2) is 0 Å². The molecule has 1 aliphatic heterocycles. The first-order valence-electron chi connectivity index (χ1n) is 26.8. The Labute approximate surface area is 387 Å². The van der Waals surface area contributed by atoms with Gasteiger partial charge in [-0.3, -0.25) is 19.3 Å². The predicted molar refractivity (Wildman–Crippen MR) is 260 cm³/mol. The topological polar surface area (TPSA) is 113 Å². The molecular weight excluding hydrogens is 793 g/mol. The van der Waals surface area contributed by atoms with Gasteiger partial charge in [-0.25, -0.2) is 0 Å². The van der Waals surface area contributed by atoms with Crippen LogP contribution in [0, 0.1) is 0 Å². The number of nitrogens with zero attached hydrogens (tertiary/aromatic N) is 1. The van der Waals surface area contributed by atoms with Gasteiger partial charge in [-0.2, -0.15) is 0 Å². The van der Waals surface area contributed by atoms with Crippen LogP contribution in [0.4, 0.5) is 0 Å². The zero-order chi connectivity index (χ0) is 45.4. The lowest BCUT2D eigenvalue weighted by atomic mass is 10.0. The van der Waals surface area contributed by atoms with E-state index in [1.54, 1.807) is 0 Å². The third kappa shape index (κ3) is 41.3. The number of ether oxygens (including phenoxy) is 5. The molecule has 10 heteroatoms. The Balaban J connectivity index is 2.10. The number of hydrogen-bond acceptors (Lipinski definition) is 8. The van der Waals surface area contributed by atoms with Crippen molar-refractivity contribution >= 4 is 17.7 Å². The number of unbranched alkanes of at least 4 members (excludes halogenated alkanes) is 30. The number of hydrogen-bond donors (Lipinski definition) is 1. The molecule has 1 heterocycles. The Morgan fingerprint density at radius 3 is 1.22 bits per heavy atom. The maximum absolute atomic E-state index is 12.0. The van der Waals surface area contributed by atoms with Crippen LogP contribution in [0.2, 0.25) is 0 Å². The lowest BCUT2D eigenvalue weighted by molar-refractivity contribution is -0.137. The van der Waals surface area contributed by atoms with E-state index in [4.69, 9.17) is 23.7 Å². The van der Waals surface area contributed by atoms with Gasteiger partial charge in [0.05, 0.1) is 46.2 Å². The monoisotopic (exact) mass is 893 g/mol. The third-order valence-electron chi connectivity index (χ3n) is 12.1. The summed E-state index contributed by atoms with van der Waals surface area (Å²) in [6.07, 6.45) is 46.8. The molecule has 0 spiro atoms. The minimum absolute atomic E-state index is 0.0665. The van der Waals surface area contributed by atoms with Gasteiger partial charge in [0, 0.05) is 44.9 Å². The lowest BCUT2D eigenvalue weighted by Crippen LogP contribution is -2.32. The van der Waals surface area contributed by atoms with Gasteiger partial charge in [-0.1, -0.05) is 206 Å². The normalized spacial score (nSPS) is 13.2. The number of carbonyl (C=O) groups excluding carboxylic acids is 3. The summed E-state index contributed by atoms with van der Waals surface area (Å²) in [5, 5.41) is 2.80. The largest absolute Gasteiger partial charge is 0.379 e. The van der Waals surface area contributed by atoms with E-state index in [1.165, 1.54) is 205 Å². The highest BCUT2D eigenvalue weighted by Crippen LogP contribution is 2.16. The molecule has 0 saturated heterocycles. The van der Waals surface area contributed by atoms with Crippen molar-refractivity contribution in [3.05, 3.63) is 12.2 Å². The molecule has 63 heavy (non-hydrogen) atoms. The van der Waals surface area contributed by atoms with Gasteiger partial charge in [0.25, 0.3) is 11.8 Å². The standard InChI is InChI=1S/C53H100N2O8/c1-3-5-7-9-11-13-15-17-19-21-23-25-27-29-31-33-41-61-48-50(63-42-34-32-30-28-26-24-22-20-18-16-14-12-10-8-6-4-2)49-62-47-46-60-45-44-59-43-39-54-51(56)36-35-40-55-52(57)37-38-53(55)58/h37-38,50H,3-36,39-49H2,1-2H3,(H,54,56)/t50-/m0/s1. The van der Waals surface area contributed by atoms with Crippen molar-refractivity contribution in [2.24, 2.45) is 0 Å². The molecule has 10 nitrogen and oxygen atoms in total. The van der Waals surface area contributed by atoms with E-state index >= 15 is 0 Å². The van der Waals surface area contributed by atoms with E-state index in [2.05, 4.69) is 19.2 Å². The minimum atomic E-state index is -0.322.